The first-order valence-electron chi connectivity index (χ1n) is 11.9. The standard InChI is InChI=1S/C27H28N6O2S/c28-24-16-14-22(30-31-24)11-4-5-12-26-32-33-27(36-26)29-25(35)18-20-8-6-7-19(17-20)13-15-23(34)21-9-2-1-3-10-21/h1-3,6-10,14,16-17H,4-5,11-13,15,18H2,(H2,28,31)(H,29,33,35). The number of benzene rings is 2. The molecule has 3 N–H and O–H groups in total. The van der Waals surface area contributed by atoms with Gasteiger partial charge >= 0.3 is 0 Å². The van der Waals surface area contributed by atoms with Gasteiger partial charge in [-0.3, -0.25) is 9.59 Å². The molecule has 0 saturated carbocycles. The summed E-state index contributed by atoms with van der Waals surface area (Å²) in [6.07, 6.45) is 4.81. The number of nitrogens with two attached hydrogens (primary N) is 1. The number of anilines is 2. The third-order valence-electron chi connectivity index (χ3n) is 5.62. The summed E-state index contributed by atoms with van der Waals surface area (Å²) in [5.74, 6) is 0.395. The van der Waals surface area contributed by atoms with Crippen molar-refractivity contribution in [3.8, 4) is 0 Å². The Bertz CT molecular complexity index is 1290. The average Bonchev–Trinajstić information content (AvgIpc) is 3.34. The second-order valence-corrected chi connectivity index (χ2v) is 9.55. The molecule has 1 amide bonds. The molecule has 8 nitrogen and oxygen atoms in total. The van der Waals surface area contributed by atoms with Crippen molar-refractivity contribution in [3.05, 3.63) is 94.1 Å². The Morgan fingerprint density at radius 3 is 2.42 bits per heavy atom. The van der Waals surface area contributed by atoms with E-state index in [4.69, 9.17) is 5.73 Å². The Kier molecular flexibility index (Phi) is 8.82. The molecular weight excluding hydrogens is 472 g/mol. The van der Waals surface area contributed by atoms with Gasteiger partial charge in [0, 0.05) is 18.4 Å². The largest absolute Gasteiger partial charge is 0.382 e. The van der Waals surface area contributed by atoms with Crippen molar-refractivity contribution in [1.82, 2.24) is 20.4 Å². The molecule has 0 saturated heterocycles. The van der Waals surface area contributed by atoms with E-state index in [1.54, 1.807) is 6.07 Å². The summed E-state index contributed by atoms with van der Waals surface area (Å²) >= 11 is 1.40. The van der Waals surface area contributed by atoms with Crippen LogP contribution in [-0.2, 0) is 30.5 Å². The van der Waals surface area contributed by atoms with Gasteiger partial charge in [0.15, 0.2) is 5.78 Å². The Morgan fingerprint density at radius 2 is 1.61 bits per heavy atom. The minimum atomic E-state index is -0.142. The van der Waals surface area contributed by atoms with E-state index in [9.17, 15) is 9.59 Å². The number of ketones is 1. The Balaban J connectivity index is 1.20. The molecule has 36 heavy (non-hydrogen) atoms. The number of hydrogen-bond acceptors (Lipinski definition) is 8. The quantitative estimate of drug-likeness (QED) is 0.217. The predicted octanol–water partition coefficient (Wildman–Crippen LogP) is 4.47. The lowest BCUT2D eigenvalue weighted by Gasteiger charge is -2.06. The van der Waals surface area contributed by atoms with Gasteiger partial charge in [-0.05, 0) is 48.9 Å². The van der Waals surface area contributed by atoms with Crippen LogP contribution in [0.3, 0.4) is 0 Å². The SMILES string of the molecule is Nc1ccc(CCCCc2nnc(NC(=O)Cc3cccc(CCC(=O)c4ccccc4)c3)s2)nn1. The molecule has 0 aliphatic carbocycles. The van der Waals surface area contributed by atoms with Gasteiger partial charge in [0.05, 0.1) is 12.1 Å². The first-order chi connectivity index (χ1) is 17.5. The van der Waals surface area contributed by atoms with E-state index in [-0.39, 0.29) is 18.1 Å². The number of amides is 1. The van der Waals surface area contributed by atoms with Gasteiger partial charge < -0.3 is 11.1 Å². The van der Waals surface area contributed by atoms with Gasteiger partial charge in [-0.1, -0.05) is 65.9 Å². The number of hydrogen-bond donors (Lipinski definition) is 2. The third kappa shape index (κ3) is 7.78. The van der Waals surface area contributed by atoms with E-state index in [2.05, 4.69) is 25.7 Å². The normalized spacial score (nSPS) is 10.8. The Morgan fingerprint density at radius 1 is 0.806 bits per heavy atom. The fraction of sp³-hybridized carbons (Fsp3) is 0.259. The fourth-order valence-corrected chi connectivity index (χ4v) is 4.56. The van der Waals surface area contributed by atoms with Crippen LogP contribution in [0.2, 0.25) is 0 Å². The lowest BCUT2D eigenvalue weighted by molar-refractivity contribution is -0.115. The van der Waals surface area contributed by atoms with Crippen molar-refractivity contribution in [2.45, 2.75) is 44.9 Å². The molecule has 4 rings (SSSR count). The smallest absolute Gasteiger partial charge is 0.230 e. The van der Waals surface area contributed by atoms with E-state index in [1.807, 2.05) is 60.7 Å². The maximum atomic E-state index is 12.5. The second-order valence-electron chi connectivity index (χ2n) is 8.49. The Hall–Kier alpha value is -3.98. The van der Waals surface area contributed by atoms with Crippen LogP contribution in [0.15, 0.2) is 66.7 Å². The molecule has 4 aromatic rings. The number of rotatable bonds is 12. The molecule has 9 heteroatoms. The maximum Gasteiger partial charge on any atom is 0.230 e. The lowest BCUT2D eigenvalue weighted by atomic mass is 10.0. The van der Waals surface area contributed by atoms with E-state index in [1.165, 1.54) is 11.3 Å². The monoisotopic (exact) mass is 500 g/mol. The number of carbonyl (C=O) groups is 2. The number of aromatic nitrogens is 4. The predicted molar refractivity (Wildman–Crippen MR) is 141 cm³/mol. The molecule has 2 aromatic carbocycles. The molecular formula is C27H28N6O2S. The number of carbonyl (C=O) groups excluding carboxylic acids is 2. The van der Waals surface area contributed by atoms with Gasteiger partial charge in [-0.2, -0.15) is 5.10 Å². The van der Waals surface area contributed by atoms with Crippen molar-refractivity contribution in [2.75, 3.05) is 11.1 Å². The van der Waals surface area contributed by atoms with Crippen molar-refractivity contribution < 1.29 is 9.59 Å². The lowest BCUT2D eigenvalue weighted by Crippen LogP contribution is -2.14. The van der Waals surface area contributed by atoms with Crippen LogP contribution in [0.1, 0.15) is 51.4 Å². The van der Waals surface area contributed by atoms with Gasteiger partial charge in [0.2, 0.25) is 11.0 Å². The average molecular weight is 501 g/mol. The van der Waals surface area contributed by atoms with Crippen LogP contribution in [0.5, 0.6) is 0 Å². The first kappa shape index (κ1) is 25.1. The topological polar surface area (TPSA) is 124 Å². The van der Waals surface area contributed by atoms with Crippen LogP contribution in [0, 0.1) is 0 Å². The molecule has 184 valence electrons. The minimum absolute atomic E-state index is 0.116. The first-order valence-corrected chi connectivity index (χ1v) is 12.7. The summed E-state index contributed by atoms with van der Waals surface area (Å²) in [6.45, 7) is 0. The number of nitrogen functional groups attached to an aromatic ring is 1. The van der Waals surface area contributed by atoms with E-state index < -0.39 is 0 Å². The van der Waals surface area contributed by atoms with E-state index in [0.29, 0.717) is 23.8 Å². The molecule has 0 aliphatic heterocycles. The summed E-state index contributed by atoms with van der Waals surface area (Å²) in [5, 5.41) is 20.5. The van der Waals surface area contributed by atoms with E-state index in [0.717, 1.165) is 53.1 Å². The fourth-order valence-electron chi connectivity index (χ4n) is 3.76. The zero-order valence-electron chi connectivity index (χ0n) is 19.9. The number of nitrogens with one attached hydrogen (secondary N) is 1. The zero-order chi connectivity index (χ0) is 25.2. The third-order valence-corrected chi connectivity index (χ3v) is 6.52. The summed E-state index contributed by atoms with van der Waals surface area (Å²) in [7, 11) is 0. The van der Waals surface area contributed by atoms with Gasteiger partial charge in [-0.25, -0.2) is 0 Å². The summed E-state index contributed by atoms with van der Waals surface area (Å²) in [5.41, 5.74) is 9.13. The van der Waals surface area contributed by atoms with Crippen LogP contribution in [0.25, 0.3) is 0 Å². The highest BCUT2D eigenvalue weighted by molar-refractivity contribution is 7.15. The molecule has 0 bridgehead atoms. The van der Waals surface area contributed by atoms with Gasteiger partial charge in [-0.15, -0.1) is 15.3 Å². The van der Waals surface area contributed by atoms with Crippen LogP contribution in [-0.4, -0.2) is 32.1 Å². The van der Waals surface area contributed by atoms with Crippen molar-refractivity contribution in [3.63, 3.8) is 0 Å². The number of nitrogens with zero attached hydrogens (tertiary/aromatic N) is 4. The number of Topliss-reactive ketones (excluding diaryl/α,β-unsaturated/α-hetero) is 1. The molecule has 0 spiro atoms. The Labute approximate surface area is 214 Å². The highest BCUT2D eigenvalue weighted by Crippen LogP contribution is 2.18. The molecule has 2 aromatic heterocycles. The maximum absolute atomic E-state index is 12.5. The van der Waals surface area contributed by atoms with E-state index >= 15 is 0 Å². The van der Waals surface area contributed by atoms with Crippen molar-refractivity contribution in [1.29, 1.82) is 0 Å². The van der Waals surface area contributed by atoms with Crippen molar-refractivity contribution >= 4 is 34.0 Å². The molecule has 0 unspecified atom stereocenters. The van der Waals surface area contributed by atoms with Crippen molar-refractivity contribution in [2.24, 2.45) is 0 Å². The summed E-state index contributed by atoms with van der Waals surface area (Å²) < 4.78 is 0. The summed E-state index contributed by atoms with van der Waals surface area (Å²) in [4.78, 5) is 24.9. The highest BCUT2D eigenvalue weighted by atomic mass is 32.1. The number of aryl methyl sites for hydroxylation is 3. The molecule has 2 heterocycles. The molecule has 0 fully saturated rings. The van der Waals surface area contributed by atoms with Crippen LogP contribution in [0.4, 0.5) is 10.9 Å². The van der Waals surface area contributed by atoms with Gasteiger partial charge in [0.1, 0.15) is 10.8 Å². The molecule has 0 atom stereocenters. The van der Waals surface area contributed by atoms with Crippen LogP contribution < -0.4 is 11.1 Å². The molecule has 0 aliphatic rings. The second kappa shape index (κ2) is 12.6. The van der Waals surface area contributed by atoms with Gasteiger partial charge in [0.25, 0.3) is 0 Å². The van der Waals surface area contributed by atoms with Crippen LogP contribution >= 0.6 is 11.3 Å². The minimum Gasteiger partial charge on any atom is -0.382 e. The highest BCUT2D eigenvalue weighted by Gasteiger charge is 2.11. The zero-order valence-corrected chi connectivity index (χ0v) is 20.7. The summed E-state index contributed by atoms with van der Waals surface area (Å²) in [6, 6.07) is 20.7. The number of unbranched alkanes of at least 4 members (excludes halogenated alkanes) is 1. The molecule has 0 radical (unpaired) electrons.